The van der Waals surface area contributed by atoms with Gasteiger partial charge in [-0.15, -0.1) is 0 Å². The average molecular weight is 647 g/mol. The van der Waals surface area contributed by atoms with E-state index in [1.807, 2.05) is 6.92 Å². The van der Waals surface area contributed by atoms with Crippen LogP contribution in [-0.2, 0) is 17.5 Å². The van der Waals surface area contributed by atoms with E-state index < -0.39 is 58.1 Å². The Bertz CT molecular complexity index is 1840. The molecular formula is C35H23F9O2. The highest BCUT2D eigenvalue weighted by Gasteiger charge is 2.41. The second-order valence-corrected chi connectivity index (χ2v) is 10.3. The maximum Gasteiger partial charge on any atom is 0.432 e. The molecule has 11 heteroatoms. The Kier molecular flexibility index (Phi) is 9.43. The highest BCUT2D eigenvalue weighted by atomic mass is 19.3. The van der Waals surface area contributed by atoms with E-state index in [4.69, 9.17) is 4.74 Å². The van der Waals surface area contributed by atoms with Crippen molar-refractivity contribution in [3.05, 3.63) is 137 Å². The molecule has 0 aliphatic rings. The Morgan fingerprint density at radius 2 is 1.07 bits per heavy atom. The first-order valence-electron chi connectivity index (χ1n) is 13.9. The van der Waals surface area contributed by atoms with Crippen LogP contribution in [0, 0.1) is 40.7 Å². The van der Waals surface area contributed by atoms with Crippen molar-refractivity contribution >= 4 is 0 Å². The van der Waals surface area contributed by atoms with Crippen LogP contribution in [0.25, 0.3) is 33.4 Å². The number of ether oxygens (including phenoxy) is 2. The third kappa shape index (κ3) is 6.89. The molecule has 2 nitrogen and oxygen atoms in total. The molecule has 46 heavy (non-hydrogen) atoms. The van der Waals surface area contributed by atoms with Crippen LogP contribution in [0.15, 0.2) is 84.9 Å². The molecule has 0 aromatic heterocycles. The summed E-state index contributed by atoms with van der Waals surface area (Å²) >= 11 is 0. The lowest BCUT2D eigenvalue weighted by molar-refractivity contribution is -0.189. The summed E-state index contributed by atoms with van der Waals surface area (Å²) in [5.74, 6) is -11.0. The molecule has 0 saturated carbocycles. The van der Waals surface area contributed by atoms with Gasteiger partial charge >= 0.3 is 6.11 Å². The predicted octanol–water partition coefficient (Wildman–Crippen LogP) is 10.7. The summed E-state index contributed by atoms with van der Waals surface area (Å²) < 4.78 is 140. The zero-order valence-corrected chi connectivity index (χ0v) is 23.9. The summed E-state index contributed by atoms with van der Waals surface area (Å²) in [6.07, 6.45) is -3.72. The van der Waals surface area contributed by atoms with Gasteiger partial charge in [0.25, 0.3) is 0 Å². The van der Waals surface area contributed by atoms with Crippen LogP contribution in [0.4, 0.5) is 39.5 Å². The molecule has 0 aliphatic carbocycles. The molecule has 0 saturated heterocycles. The molecule has 5 aromatic rings. The van der Waals surface area contributed by atoms with Gasteiger partial charge in [-0.2, -0.15) is 8.78 Å². The molecule has 0 heterocycles. The highest BCUT2D eigenvalue weighted by molar-refractivity contribution is 5.72. The maximum absolute atomic E-state index is 15.0. The quantitative estimate of drug-likeness (QED) is 0.0854. The largest absolute Gasteiger partial charge is 0.432 e. The van der Waals surface area contributed by atoms with Crippen molar-refractivity contribution in [2.45, 2.75) is 26.1 Å². The SMILES string of the molecule is CCCOCc1ccc(-c2cc(F)c(C(F)(F)Oc3ccc(-c4ccc(-c5cc(F)c(F)c(F)c5)c(F)c4)c(F)c3)c(F)c2)cc1. The van der Waals surface area contributed by atoms with E-state index in [0.29, 0.717) is 37.0 Å². The van der Waals surface area contributed by atoms with Gasteiger partial charge in [0.2, 0.25) is 0 Å². The third-order valence-corrected chi connectivity index (χ3v) is 7.00. The fraction of sp³-hybridized carbons (Fsp3) is 0.143. The van der Waals surface area contributed by atoms with Gasteiger partial charge in [-0.1, -0.05) is 43.3 Å². The summed E-state index contributed by atoms with van der Waals surface area (Å²) in [4.78, 5) is 0. The summed E-state index contributed by atoms with van der Waals surface area (Å²) in [6.45, 7) is 2.86. The Balaban J connectivity index is 1.35. The molecule has 238 valence electrons. The minimum Gasteiger partial charge on any atom is -0.429 e. The zero-order valence-electron chi connectivity index (χ0n) is 23.9. The summed E-state index contributed by atoms with van der Waals surface area (Å²) in [7, 11) is 0. The Morgan fingerprint density at radius 1 is 0.543 bits per heavy atom. The van der Waals surface area contributed by atoms with Crippen LogP contribution < -0.4 is 4.74 Å². The van der Waals surface area contributed by atoms with E-state index in [1.165, 1.54) is 6.07 Å². The van der Waals surface area contributed by atoms with Gasteiger partial charge in [0.05, 0.1) is 6.61 Å². The minimum absolute atomic E-state index is 0.000998. The number of halogens is 9. The van der Waals surface area contributed by atoms with Gasteiger partial charge < -0.3 is 9.47 Å². The fourth-order valence-electron chi connectivity index (χ4n) is 4.77. The molecule has 0 bridgehead atoms. The van der Waals surface area contributed by atoms with Gasteiger partial charge in [0.1, 0.15) is 34.6 Å². The zero-order chi connectivity index (χ0) is 33.2. The molecule has 0 spiro atoms. The van der Waals surface area contributed by atoms with Gasteiger partial charge in [-0.05, 0) is 76.7 Å². The molecule has 5 rings (SSSR count). The van der Waals surface area contributed by atoms with Crippen LogP contribution in [-0.4, -0.2) is 6.61 Å². The van der Waals surface area contributed by atoms with Gasteiger partial charge in [0, 0.05) is 23.8 Å². The van der Waals surface area contributed by atoms with Crippen molar-refractivity contribution in [2.24, 2.45) is 0 Å². The molecule has 0 N–H and O–H groups in total. The van der Waals surface area contributed by atoms with E-state index in [-0.39, 0.29) is 27.8 Å². The van der Waals surface area contributed by atoms with Crippen molar-refractivity contribution in [1.82, 2.24) is 0 Å². The first-order chi connectivity index (χ1) is 21.9. The molecule has 0 atom stereocenters. The first-order valence-corrected chi connectivity index (χ1v) is 13.9. The van der Waals surface area contributed by atoms with Crippen LogP contribution in [0.3, 0.4) is 0 Å². The lowest BCUT2D eigenvalue weighted by Crippen LogP contribution is -2.25. The normalized spacial score (nSPS) is 11.6. The molecular weight excluding hydrogens is 623 g/mol. The van der Waals surface area contributed by atoms with E-state index in [9.17, 15) is 30.7 Å². The van der Waals surface area contributed by atoms with Crippen molar-refractivity contribution in [2.75, 3.05) is 6.61 Å². The Hall–Kier alpha value is -4.77. The molecule has 0 fully saturated rings. The summed E-state index contributed by atoms with van der Waals surface area (Å²) in [6, 6.07) is 14.6. The number of rotatable bonds is 10. The third-order valence-electron chi connectivity index (χ3n) is 7.00. The first kappa shape index (κ1) is 32.6. The topological polar surface area (TPSA) is 18.5 Å². The molecule has 5 aromatic carbocycles. The van der Waals surface area contributed by atoms with Crippen LogP contribution in [0.2, 0.25) is 0 Å². The molecule has 0 aliphatic heterocycles. The Morgan fingerprint density at radius 3 is 1.65 bits per heavy atom. The van der Waals surface area contributed by atoms with Gasteiger partial charge in [0.15, 0.2) is 17.5 Å². The highest BCUT2D eigenvalue weighted by Crippen LogP contribution is 2.38. The van der Waals surface area contributed by atoms with Crippen LogP contribution >= 0.6 is 0 Å². The molecule has 0 radical (unpaired) electrons. The molecule has 0 amide bonds. The van der Waals surface area contributed by atoms with Crippen LogP contribution in [0.1, 0.15) is 24.5 Å². The second kappa shape index (κ2) is 13.3. The summed E-state index contributed by atoms with van der Waals surface area (Å²) in [5.41, 5.74) is -1.50. The smallest absolute Gasteiger partial charge is 0.429 e. The number of alkyl halides is 2. The van der Waals surface area contributed by atoms with E-state index in [1.54, 1.807) is 24.3 Å². The minimum atomic E-state index is -4.56. The number of hydrogen-bond acceptors (Lipinski definition) is 2. The van der Waals surface area contributed by atoms with Crippen LogP contribution in [0.5, 0.6) is 5.75 Å². The average Bonchev–Trinajstić information content (AvgIpc) is 2.99. The monoisotopic (exact) mass is 646 g/mol. The van der Waals surface area contributed by atoms with Crippen molar-refractivity contribution < 1.29 is 49.0 Å². The van der Waals surface area contributed by atoms with Crippen molar-refractivity contribution in [1.29, 1.82) is 0 Å². The summed E-state index contributed by atoms with van der Waals surface area (Å²) in [5, 5.41) is 0. The lowest BCUT2D eigenvalue weighted by Gasteiger charge is -2.20. The lowest BCUT2D eigenvalue weighted by atomic mass is 9.99. The standard InChI is InChI=1S/C35H23F9O2/c1-2-11-45-18-19-3-5-20(6-4-19)22-13-29(38)33(30(39)14-22)35(43,44)46-24-8-10-25(28(37)17-24)21-7-9-26(27(36)12-21)23-15-31(40)34(42)32(41)16-23/h3-10,12-17H,2,11,18H2,1H3. The Labute approximate surface area is 257 Å². The predicted molar refractivity (Wildman–Crippen MR) is 153 cm³/mol. The van der Waals surface area contributed by atoms with Gasteiger partial charge in [-0.3, -0.25) is 0 Å². The van der Waals surface area contributed by atoms with Gasteiger partial charge in [-0.25, -0.2) is 30.7 Å². The van der Waals surface area contributed by atoms with Crippen molar-refractivity contribution in [3.8, 4) is 39.1 Å². The van der Waals surface area contributed by atoms with E-state index in [0.717, 1.165) is 48.4 Å². The number of benzene rings is 5. The maximum atomic E-state index is 15.0. The van der Waals surface area contributed by atoms with E-state index in [2.05, 4.69) is 4.74 Å². The molecule has 0 unspecified atom stereocenters. The van der Waals surface area contributed by atoms with Crippen molar-refractivity contribution in [3.63, 3.8) is 0 Å². The second-order valence-electron chi connectivity index (χ2n) is 10.3. The van der Waals surface area contributed by atoms with E-state index >= 15 is 8.78 Å². The fourth-order valence-corrected chi connectivity index (χ4v) is 4.77. The number of hydrogen-bond donors (Lipinski definition) is 0.